The molecule has 2 heterocycles. The van der Waals surface area contributed by atoms with Crippen LogP contribution in [0.15, 0.2) is 48.8 Å². The average molecular weight is 337 g/mol. The van der Waals surface area contributed by atoms with Crippen LogP contribution in [0.5, 0.6) is 11.5 Å². The van der Waals surface area contributed by atoms with Gasteiger partial charge in [0.1, 0.15) is 25.7 Å². The van der Waals surface area contributed by atoms with Crippen LogP contribution in [0.2, 0.25) is 13.1 Å². The van der Waals surface area contributed by atoms with E-state index in [1.807, 2.05) is 0 Å². The molecule has 4 rings (SSSR count). The molecule has 2 aromatic rings. The van der Waals surface area contributed by atoms with E-state index in [1.54, 1.807) is 0 Å². The molecular weight excluding hydrogens is 312 g/mol. The lowest BCUT2D eigenvalue weighted by molar-refractivity contribution is 0.383. The Hall–Kier alpha value is -2.20. The Bertz CT molecular complexity index is 844. The molecule has 2 aliphatic rings. The summed E-state index contributed by atoms with van der Waals surface area (Å²) in [5.74, 6) is 2.06. The predicted molar refractivity (Wildman–Crippen MR) is 103 cm³/mol. The van der Waals surface area contributed by atoms with Crippen molar-refractivity contribution in [2.75, 3.05) is 11.9 Å². The maximum atomic E-state index is 6.30. The first kappa shape index (κ1) is 15.3. The lowest BCUT2D eigenvalue weighted by Gasteiger charge is -2.38. The number of aryl methyl sites for hydroxylation is 1. The highest BCUT2D eigenvalue weighted by atomic mass is 28.3. The van der Waals surface area contributed by atoms with E-state index < -0.39 is 8.07 Å². The van der Waals surface area contributed by atoms with Gasteiger partial charge in [-0.1, -0.05) is 37.4 Å². The van der Waals surface area contributed by atoms with E-state index in [-0.39, 0.29) is 0 Å². The topological polar surface area (TPSA) is 15.7 Å². The summed E-state index contributed by atoms with van der Waals surface area (Å²) in [5, 5.41) is 2.79. The van der Waals surface area contributed by atoms with Crippen molar-refractivity contribution in [2.45, 2.75) is 33.1 Å². The Kier molecular flexibility index (Phi) is 3.29. The highest BCUT2D eigenvalue weighted by Gasteiger charge is 2.40. The summed E-state index contributed by atoms with van der Waals surface area (Å²) in [6, 6.07) is 12.9. The zero-order chi connectivity index (χ0) is 17.1. The molecule has 0 aliphatic carbocycles. The SMILES string of the molecule is Cc1ccc2c(c1N1C=CN(C)[C@@H]1C)[Si](C)(C)c1ccccc1O2. The molecule has 0 radical (unpaired) electrons. The third-order valence-electron chi connectivity index (χ3n) is 5.46. The van der Waals surface area contributed by atoms with Gasteiger partial charge in [-0.3, -0.25) is 0 Å². The average Bonchev–Trinajstić information content (AvgIpc) is 2.88. The third kappa shape index (κ3) is 2.02. The smallest absolute Gasteiger partial charge is 0.129 e. The minimum absolute atomic E-state index is 0.317. The fourth-order valence-corrected chi connectivity index (χ4v) is 7.11. The van der Waals surface area contributed by atoms with Gasteiger partial charge in [-0.2, -0.15) is 0 Å². The molecule has 0 bridgehead atoms. The van der Waals surface area contributed by atoms with Crippen molar-refractivity contribution in [1.82, 2.24) is 4.90 Å². The van der Waals surface area contributed by atoms with Gasteiger partial charge in [0, 0.05) is 30.3 Å². The summed E-state index contributed by atoms with van der Waals surface area (Å²) in [5.41, 5.74) is 2.64. The number of anilines is 1. The first-order valence-corrected chi connectivity index (χ1v) is 11.5. The van der Waals surface area contributed by atoms with Crippen LogP contribution in [-0.4, -0.2) is 26.2 Å². The summed E-state index contributed by atoms with van der Waals surface area (Å²) >= 11 is 0. The van der Waals surface area contributed by atoms with Gasteiger partial charge < -0.3 is 14.5 Å². The summed E-state index contributed by atoms with van der Waals surface area (Å²) < 4.78 is 6.30. The fourth-order valence-electron chi connectivity index (χ4n) is 3.91. The van der Waals surface area contributed by atoms with Crippen LogP contribution < -0.4 is 20.0 Å². The number of hydrogen-bond donors (Lipinski definition) is 0. The Balaban J connectivity index is 1.96. The van der Waals surface area contributed by atoms with Crippen molar-refractivity contribution in [3.63, 3.8) is 0 Å². The fraction of sp³-hybridized carbons (Fsp3) is 0.300. The quantitative estimate of drug-likeness (QED) is 0.742. The second-order valence-corrected chi connectivity index (χ2v) is 11.6. The Morgan fingerprint density at radius 1 is 1.00 bits per heavy atom. The van der Waals surface area contributed by atoms with Crippen LogP contribution in [-0.2, 0) is 0 Å². The molecule has 3 nitrogen and oxygen atoms in total. The molecule has 1 atom stereocenters. The van der Waals surface area contributed by atoms with E-state index in [9.17, 15) is 0 Å². The van der Waals surface area contributed by atoms with Crippen molar-refractivity contribution < 1.29 is 4.74 Å². The lowest BCUT2D eigenvalue weighted by Crippen LogP contribution is -2.58. The van der Waals surface area contributed by atoms with Gasteiger partial charge in [0.2, 0.25) is 0 Å². The molecule has 124 valence electrons. The number of fused-ring (bicyclic) bond motifs is 2. The first-order valence-electron chi connectivity index (χ1n) is 8.51. The van der Waals surface area contributed by atoms with Crippen molar-refractivity contribution in [1.29, 1.82) is 0 Å². The Labute approximate surface area is 145 Å². The molecule has 0 aromatic heterocycles. The van der Waals surface area contributed by atoms with Crippen LogP contribution in [0.4, 0.5) is 5.69 Å². The molecule has 0 saturated carbocycles. The third-order valence-corrected chi connectivity index (χ3v) is 8.95. The summed E-state index contributed by atoms with van der Waals surface area (Å²) in [6.07, 6.45) is 4.66. The van der Waals surface area contributed by atoms with Gasteiger partial charge in [0.05, 0.1) is 0 Å². The van der Waals surface area contributed by atoms with E-state index in [1.165, 1.54) is 21.6 Å². The van der Waals surface area contributed by atoms with Crippen molar-refractivity contribution in [3.05, 3.63) is 54.4 Å². The molecule has 2 aromatic carbocycles. The highest BCUT2D eigenvalue weighted by molar-refractivity contribution is 7.02. The zero-order valence-electron chi connectivity index (χ0n) is 15.0. The van der Waals surface area contributed by atoms with Gasteiger partial charge in [-0.15, -0.1) is 0 Å². The highest BCUT2D eigenvalue weighted by Crippen LogP contribution is 2.36. The van der Waals surface area contributed by atoms with Crippen molar-refractivity contribution >= 4 is 24.1 Å². The largest absolute Gasteiger partial charge is 0.458 e. The van der Waals surface area contributed by atoms with Crippen LogP contribution in [0.3, 0.4) is 0 Å². The molecule has 0 unspecified atom stereocenters. The zero-order valence-corrected chi connectivity index (χ0v) is 16.0. The number of nitrogens with zero attached hydrogens (tertiary/aromatic N) is 2. The van der Waals surface area contributed by atoms with Crippen molar-refractivity contribution in [2.24, 2.45) is 0 Å². The molecule has 24 heavy (non-hydrogen) atoms. The van der Waals surface area contributed by atoms with E-state index >= 15 is 0 Å². The van der Waals surface area contributed by atoms with Gasteiger partial charge in [-0.05, 0) is 36.7 Å². The van der Waals surface area contributed by atoms with Crippen LogP contribution >= 0.6 is 0 Å². The normalized spacial score (nSPS) is 20.6. The molecule has 0 saturated heterocycles. The van der Waals surface area contributed by atoms with Gasteiger partial charge in [0.15, 0.2) is 0 Å². The monoisotopic (exact) mass is 336 g/mol. The lowest BCUT2D eigenvalue weighted by atomic mass is 10.1. The number of benzene rings is 2. The molecule has 2 aliphatic heterocycles. The van der Waals surface area contributed by atoms with E-state index in [0.717, 1.165) is 11.5 Å². The Morgan fingerprint density at radius 3 is 2.46 bits per heavy atom. The maximum absolute atomic E-state index is 6.30. The van der Waals surface area contributed by atoms with Crippen LogP contribution in [0, 0.1) is 6.92 Å². The maximum Gasteiger partial charge on any atom is 0.129 e. The van der Waals surface area contributed by atoms with E-state index in [0.29, 0.717) is 6.17 Å². The van der Waals surface area contributed by atoms with E-state index in [2.05, 4.69) is 92.6 Å². The second-order valence-electron chi connectivity index (χ2n) is 7.33. The molecular formula is C20H24N2OSi. The number of para-hydroxylation sites is 1. The minimum atomic E-state index is -1.85. The number of ether oxygens (including phenoxy) is 1. The predicted octanol–water partition coefficient (Wildman–Crippen LogP) is 3.49. The number of rotatable bonds is 1. The molecule has 0 N–H and O–H groups in total. The summed E-state index contributed by atoms with van der Waals surface area (Å²) in [6.45, 7) is 9.32. The van der Waals surface area contributed by atoms with Crippen molar-refractivity contribution in [3.8, 4) is 11.5 Å². The summed E-state index contributed by atoms with van der Waals surface area (Å²) in [7, 11) is 0.279. The van der Waals surface area contributed by atoms with Crippen LogP contribution in [0.1, 0.15) is 12.5 Å². The molecule has 4 heteroatoms. The van der Waals surface area contributed by atoms with Gasteiger partial charge >= 0.3 is 0 Å². The number of hydrogen-bond acceptors (Lipinski definition) is 3. The van der Waals surface area contributed by atoms with E-state index in [4.69, 9.17) is 4.74 Å². The minimum Gasteiger partial charge on any atom is -0.458 e. The van der Waals surface area contributed by atoms with Crippen LogP contribution in [0.25, 0.3) is 0 Å². The standard InChI is InChI=1S/C20H24N2OSi/c1-14-10-11-17-20(19(14)22-13-12-21(3)15(22)2)24(4,5)18-9-7-6-8-16(18)23-17/h6-13,15H,1-5H3/t15-/m0/s1. The van der Waals surface area contributed by atoms with Gasteiger partial charge in [0.25, 0.3) is 0 Å². The van der Waals surface area contributed by atoms with Gasteiger partial charge in [-0.25, -0.2) is 0 Å². The molecule has 0 amide bonds. The molecule has 0 spiro atoms. The second kappa shape index (κ2) is 5.15. The Morgan fingerprint density at radius 2 is 1.75 bits per heavy atom. The first-order chi connectivity index (χ1) is 11.4. The molecule has 0 fully saturated rings. The summed E-state index contributed by atoms with van der Waals surface area (Å²) in [4.78, 5) is 4.63.